The van der Waals surface area contributed by atoms with E-state index in [0.29, 0.717) is 0 Å². The van der Waals surface area contributed by atoms with E-state index in [-0.39, 0.29) is 36.7 Å². The van der Waals surface area contributed by atoms with Crippen LogP contribution in [0.15, 0.2) is 66.7 Å². The second-order valence-corrected chi connectivity index (χ2v) is 6.41. The van der Waals surface area contributed by atoms with Gasteiger partial charge in [-0.25, -0.2) is 4.39 Å². The third-order valence-corrected chi connectivity index (χ3v) is 4.72. The van der Waals surface area contributed by atoms with Crippen molar-refractivity contribution in [1.29, 1.82) is 0 Å². The summed E-state index contributed by atoms with van der Waals surface area (Å²) in [6, 6.07) is 21.5. The fraction of sp³-hybridized carbons (Fsp3) is 0.273. The first kappa shape index (κ1) is 23.2. The Morgan fingerprint density at radius 1 is 0.926 bits per heavy atom. The lowest BCUT2D eigenvalue weighted by molar-refractivity contribution is 0.596. The highest BCUT2D eigenvalue weighted by Crippen LogP contribution is 2.23. The number of halogens is 3. The molecular weight excluding hydrogens is 382 g/mol. The van der Waals surface area contributed by atoms with Crippen molar-refractivity contribution >= 4 is 41.3 Å². The first-order chi connectivity index (χ1) is 12.2. The Labute approximate surface area is 173 Å². The molecule has 0 radical (unpaired) electrons. The van der Waals surface area contributed by atoms with E-state index in [9.17, 15) is 4.39 Å². The van der Waals surface area contributed by atoms with Crippen LogP contribution in [-0.2, 0) is 0 Å². The Bertz CT molecular complexity index is 824. The quantitative estimate of drug-likeness (QED) is 0.509. The fourth-order valence-corrected chi connectivity index (χ4v) is 3.22. The summed E-state index contributed by atoms with van der Waals surface area (Å²) in [5.41, 5.74) is 8.49. The van der Waals surface area contributed by atoms with Gasteiger partial charge in [0.2, 0.25) is 0 Å². The Morgan fingerprint density at radius 3 is 2.26 bits per heavy atom. The molecule has 0 saturated heterocycles. The number of benzene rings is 3. The largest absolute Gasteiger partial charge is 0.372 e. The average Bonchev–Trinajstić information content (AvgIpc) is 2.65. The molecule has 0 saturated carbocycles. The Hall–Kier alpha value is -1.81. The van der Waals surface area contributed by atoms with Crippen LogP contribution in [0.1, 0.15) is 31.4 Å². The molecule has 0 spiro atoms. The first-order valence-corrected chi connectivity index (χ1v) is 8.92. The van der Waals surface area contributed by atoms with Crippen molar-refractivity contribution in [2.75, 3.05) is 18.0 Å². The van der Waals surface area contributed by atoms with Gasteiger partial charge in [-0.15, -0.1) is 24.8 Å². The molecule has 2 nitrogen and oxygen atoms in total. The maximum atomic E-state index is 13.0. The van der Waals surface area contributed by atoms with Crippen molar-refractivity contribution in [1.82, 2.24) is 0 Å². The first-order valence-electron chi connectivity index (χ1n) is 8.92. The molecule has 1 unspecified atom stereocenters. The molecule has 2 N–H and O–H groups in total. The summed E-state index contributed by atoms with van der Waals surface area (Å²) < 4.78 is 13.0. The minimum absolute atomic E-state index is 0. The second-order valence-electron chi connectivity index (χ2n) is 6.41. The van der Waals surface area contributed by atoms with Crippen molar-refractivity contribution in [2.45, 2.75) is 25.8 Å². The summed E-state index contributed by atoms with van der Waals surface area (Å²) in [5.74, 6) is -0.218. The molecule has 0 aliphatic carbocycles. The molecule has 0 amide bonds. The van der Waals surface area contributed by atoms with Gasteiger partial charge in [0.1, 0.15) is 5.82 Å². The monoisotopic (exact) mass is 408 g/mol. The van der Waals surface area contributed by atoms with Gasteiger partial charge in [0.25, 0.3) is 0 Å². The number of nitrogens with zero attached hydrogens (tertiary/aromatic N) is 1. The lowest BCUT2D eigenvalue weighted by atomic mass is 10.0. The molecule has 27 heavy (non-hydrogen) atoms. The van der Waals surface area contributed by atoms with Crippen LogP contribution in [0.3, 0.4) is 0 Å². The van der Waals surface area contributed by atoms with E-state index >= 15 is 0 Å². The minimum atomic E-state index is -0.218. The van der Waals surface area contributed by atoms with Crippen molar-refractivity contribution in [3.05, 3.63) is 78.1 Å². The number of rotatable bonds is 7. The highest BCUT2D eigenvalue weighted by molar-refractivity contribution is 5.86. The maximum absolute atomic E-state index is 13.0. The van der Waals surface area contributed by atoms with Gasteiger partial charge >= 0.3 is 0 Å². The van der Waals surface area contributed by atoms with Gasteiger partial charge < -0.3 is 10.6 Å². The molecule has 0 heterocycles. The number of hydrogen-bond acceptors (Lipinski definition) is 2. The Balaban J connectivity index is 0.00000182. The predicted octanol–water partition coefficient (Wildman–Crippen LogP) is 6.13. The molecule has 3 aromatic rings. The van der Waals surface area contributed by atoms with Gasteiger partial charge in [0.15, 0.2) is 0 Å². The molecule has 146 valence electrons. The van der Waals surface area contributed by atoms with Gasteiger partial charge in [-0.2, -0.15) is 0 Å². The van der Waals surface area contributed by atoms with E-state index in [1.165, 1.54) is 28.6 Å². The molecule has 3 rings (SSSR count). The third-order valence-electron chi connectivity index (χ3n) is 4.72. The van der Waals surface area contributed by atoms with Crippen molar-refractivity contribution in [3.63, 3.8) is 0 Å². The smallest absolute Gasteiger partial charge is 0.123 e. The Kier molecular flexibility index (Phi) is 9.57. The lowest BCUT2D eigenvalue weighted by Gasteiger charge is -2.24. The second kappa shape index (κ2) is 11.1. The predicted molar refractivity (Wildman–Crippen MR) is 119 cm³/mol. The van der Waals surface area contributed by atoms with Crippen molar-refractivity contribution in [2.24, 2.45) is 5.73 Å². The topological polar surface area (TPSA) is 29.3 Å². The number of hydrogen-bond donors (Lipinski definition) is 1. The summed E-state index contributed by atoms with van der Waals surface area (Å²) in [7, 11) is 0. The summed E-state index contributed by atoms with van der Waals surface area (Å²) in [6.07, 6.45) is 1.88. The van der Waals surface area contributed by atoms with E-state index in [1.807, 2.05) is 0 Å². The van der Waals surface area contributed by atoms with Crippen LogP contribution in [0.25, 0.3) is 10.8 Å². The molecule has 0 aliphatic rings. The molecular formula is C22H27Cl2FN2. The molecule has 1 atom stereocenters. The zero-order valence-corrected chi connectivity index (χ0v) is 17.1. The van der Waals surface area contributed by atoms with Crippen molar-refractivity contribution in [3.8, 4) is 0 Å². The van der Waals surface area contributed by atoms with E-state index in [1.54, 1.807) is 12.1 Å². The molecule has 0 bridgehead atoms. The molecule has 0 fully saturated rings. The van der Waals surface area contributed by atoms with Gasteiger partial charge in [0, 0.05) is 24.8 Å². The third kappa shape index (κ3) is 6.10. The summed E-state index contributed by atoms with van der Waals surface area (Å²) in [6.45, 7) is 4.10. The molecule has 5 heteroatoms. The number of anilines is 1. The number of nitrogens with two attached hydrogens (primary N) is 1. The highest BCUT2D eigenvalue weighted by atomic mass is 35.5. The van der Waals surface area contributed by atoms with E-state index in [2.05, 4.69) is 54.3 Å². The molecule has 0 aromatic heterocycles. The Morgan fingerprint density at radius 2 is 1.59 bits per heavy atom. The molecule has 0 aliphatic heterocycles. The van der Waals surface area contributed by atoms with Gasteiger partial charge in [-0.1, -0.05) is 42.5 Å². The maximum Gasteiger partial charge on any atom is 0.123 e. The van der Waals surface area contributed by atoms with Crippen LogP contribution in [0, 0.1) is 5.82 Å². The number of fused-ring (bicyclic) bond motifs is 1. The summed E-state index contributed by atoms with van der Waals surface area (Å²) >= 11 is 0. The van der Waals surface area contributed by atoms with Gasteiger partial charge in [0.05, 0.1) is 0 Å². The van der Waals surface area contributed by atoms with Gasteiger partial charge in [-0.05, 0) is 60.4 Å². The van der Waals surface area contributed by atoms with Crippen LogP contribution in [0.5, 0.6) is 0 Å². The molecule has 3 aromatic carbocycles. The zero-order valence-electron chi connectivity index (χ0n) is 15.5. The normalized spacial score (nSPS) is 11.4. The SMILES string of the molecule is CCN(CCCC(N)c1ccc(F)cc1)c1ccc2ccccc2c1.Cl.Cl. The lowest BCUT2D eigenvalue weighted by Crippen LogP contribution is -2.24. The average molecular weight is 409 g/mol. The highest BCUT2D eigenvalue weighted by Gasteiger charge is 2.09. The van der Waals surface area contributed by atoms with Crippen LogP contribution < -0.4 is 10.6 Å². The standard InChI is InChI=1S/C22H25FN2.2ClH/c1-2-25(21-14-11-17-6-3-4-7-19(17)16-21)15-5-8-22(24)18-9-12-20(23)13-10-18;;/h3-4,6-7,9-14,16,22H,2,5,8,15,24H2,1H3;2*1H. The van der Waals surface area contributed by atoms with Crippen molar-refractivity contribution < 1.29 is 4.39 Å². The van der Waals surface area contributed by atoms with Crippen LogP contribution >= 0.6 is 24.8 Å². The summed E-state index contributed by atoms with van der Waals surface area (Å²) in [4.78, 5) is 2.38. The summed E-state index contributed by atoms with van der Waals surface area (Å²) in [5, 5.41) is 2.53. The van der Waals surface area contributed by atoms with E-state index in [4.69, 9.17) is 5.73 Å². The van der Waals surface area contributed by atoms with Gasteiger partial charge in [-0.3, -0.25) is 0 Å². The zero-order chi connectivity index (χ0) is 17.6. The fourth-order valence-electron chi connectivity index (χ4n) is 3.22. The van der Waals surface area contributed by atoms with E-state index < -0.39 is 0 Å². The van der Waals surface area contributed by atoms with E-state index in [0.717, 1.165) is 31.5 Å². The van der Waals surface area contributed by atoms with Crippen LogP contribution in [0.4, 0.5) is 10.1 Å². The minimum Gasteiger partial charge on any atom is -0.372 e. The van der Waals surface area contributed by atoms with Crippen LogP contribution in [-0.4, -0.2) is 13.1 Å². The van der Waals surface area contributed by atoms with Crippen LogP contribution in [0.2, 0.25) is 0 Å².